The van der Waals surface area contributed by atoms with Crippen molar-refractivity contribution >= 4 is 10.1 Å². The minimum absolute atomic E-state index is 0.276. The van der Waals surface area contributed by atoms with E-state index < -0.39 is 10.1 Å². The predicted molar refractivity (Wildman–Crippen MR) is 103 cm³/mol. The van der Waals surface area contributed by atoms with Gasteiger partial charge in [0.1, 0.15) is 19.6 Å². The fourth-order valence-electron chi connectivity index (χ4n) is 3.16. The lowest BCUT2D eigenvalue weighted by atomic mass is 10.1. The molecule has 0 aliphatic carbocycles. The molecule has 0 amide bonds. The summed E-state index contributed by atoms with van der Waals surface area (Å²) in [6.45, 7) is 3.52. The van der Waals surface area contributed by atoms with E-state index in [1.807, 2.05) is 18.2 Å². The molecule has 156 valence electrons. The summed E-state index contributed by atoms with van der Waals surface area (Å²) in [6.07, 6.45) is 0.332. The molecule has 0 aromatic heterocycles. The molecule has 1 rings (SSSR count). The van der Waals surface area contributed by atoms with Gasteiger partial charge in [-0.1, -0.05) is 6.07 Å². The van der Waals surface area contributed by atoms with Gasteiger partial charge in [-0.2, -0.15) is 8.42 Å². The van der Waals surface area contributed by atoms with Crippen LogP contribution in [0.25, 0.3) is 0 Å². The standard InChI is InChI=1S/C18H31NO7S/c1-23-12-10-19(11-13-24-2,9-6-14-27(20,21)22)15-16-7-5-8-17(25-3)18(16)26-4/h5,7-8H,6,9-15H2,1-4H3/p+1. The van der Waals surface area contributed by atoms with Crippen LogP contribution in [0.3, 0.4) is 0 Å². The topological polar surface area (TPSA) is 91.3 Å². The molecule has 9 heteroatoms. The van der Waals surface area contributed by atoms with Gasteiger partial charge >= 0.3 is 0 Å². The van der Waals surface area contributed by atoms with Crippen LogP contribution in [0.5, 0.6) is 11.5 Å². The summed E-state index contributed by atoms with van der Waals surface area (Å²) in [5.74, 6) is 1.03. The van der Waals surface area contributed by atoms with Gasteiger partial charge in [-0.25, -0.2) is 0 Å². The Bertz CT molecular complexity index is 656. The van der Waals surface area contributed by atoms with E-state index in [0.29, 0.717) is 61.8 Å². The monoisotopic (exact) mass is 406 g/mol. The summed E-state index contributed by atoms with van der Waals surface area (Å²) in [4.78, 5) is 0. The van der Waals surface area contributed by atoms with Crippen LogP contribution in [0.2, 0.25) is 0 Å². The van der Waals surface area contributed by atoms with Crippen LogP contribution in [0, 0.1) is 0 Å². The van der Waals surface area contributed by atoms with Crippen LogP contribution < -0.4 is 9.47 Å². The first-order valence-electron chi connectivity index (χ1n) is 8.79. The zero-order chi connectivity index (χ0) is 20.3. The smallest absolute Gasteiger partial charge is 0.265 e. The van der Waals surface area contributed by atoms with E-state index in [1.165, 1.54) is 0 Å². The lowest BCUT2D eigenvalue weighted by molar-refractivity contribution is -0.941. The number of benzene rings is 1. The second kappa shape index (κ2) is 11.5. The third-order valence-corrected chi connectivity index (χ3v) is 5.37. The molecule has 1 aromatic rings. The molecule has 0 fully saturated rings. The highest BCUT2D eigenvalue weighted by Crippen LogP contribution is 2.33. The van der Waals surface area contributed by atoms with Crippen molar-refractivity contribution in [3.8, 4) is 11.5 Å². The van der Waals surface area contributed by atoms with Crippen LogP contribution >= 0.6 is 0 Å². The third-order valence-electron chi connectivity index (χ3n) is 4.56. The Morgan fingerprint density at radius 3 is 2.07 bits per heavy atom. The zero-order valence-corrected chi connectivity index (χ0v) is 17.5. The summed E-state index contributed by atoms with van der Waals surface area (Å²) in [5, 5.41) is 0. The summed E-state index contributed by atoms with van der Waals surface area (Å²) < 4.78 is 53.4. The molecule has 0 aliphatic heterocycles. The average Bonchev–Trinajstić information content (AvgIpc) is 2.63. The van der Waals surface area contributed by atoms with Gasteiger partial charge in [0.15, 0.2) is 11.5 Å². The Balaban J connectivity index is 3.17. The number of rotatable bonds is 14. The first-order valence-corrected chi connectivity index (χ1v) is 10.4. The van der Waals surface area contributed by atoms with Crippen LogP contribution in [0.15, 0.2) is 18.2 Å². The first-order chi connectivity index (χ1) is 12.8. The van der Waals surface area contributed by atoms with Gasteiger partial charge in [-0.05, 0) is 12.1 Å². The molecule has 0 spiro atoms. The molecule has 1 N–H and O–H groups in total. The maximum Gasteiger partial charge on any atom is 0.265 e. The normalized spacial score (nSPS) is 12.2. The average molecular weight is 407 g/mol. The lowest BCUT2D eigenvalue weighted by Crippen LogP contribution is -2.52. The van der Waals surface area contributed by atoms with Crippen molar-refractivity contribution in [3.05, 3.63) is 23.8 Å². The molecule has 0 aliphatic rings. The van der Waals surface area contributed by atoms with E-state index in [-0.39, 0.29) is 5.75 Å². The molecule has 8 nitrogen and oxygen atoms in total. The maximum atomic E-state index is 11.2. The third kappa shape index (κ3) is 8.02. The quantitative estimate of drug-likeness (QED) is 0.371. The summed E-state index contributed by atoms with van der Waals surface area (Å²) >= 11 is 0. The zero-order valence-electron chi connectivity index (χ0n) is 16.6. The van der Waals surface area contributed by atoms with Crippen molar-refractivity contribution in [3.63, 3.8) is 0 Å². The molecule has 0 radical (unpaired) electrons. The second-order valence-electron chi connectivity index (χ2n) is 6.45. The van der Waals surface area contributed by atoms with Crippen molar-refractivity contribution in [1.82, 2.24) is 0 Å². The number of hydrogen-bond acceptors (Lipinski definition) is 6. The summed E-state index contributed by atoms with van der Waals surface area (Å²) in [5.41, 5.74) is 0.955. The number of hydrogen-bond donors (Lipinski definition) is 1. The minimum Gasteiger partial charge on any atom is -0.493 e. The van der Waals surface area contributed by atoms with Crippen molar-refractivity contribution < 1.29 is 36.4 Å². The van der Waals surface area contributed by atoms with Crippen molar-refractivity contribution in [2.24, 2.45) is 0 Å². The SMILES string of the molecule is COCC[N+](CCCS(=O)(=O)O)(CCOC)Cc1cccc(OC)c1OC. The molecule has 0 heterocycles. The van der Waals surface area contributed by atoms with Gasteiger partial charge in [0.05, 0.1) is 45.3 Å². The summed E-state index contributed by atoms with van der Waals surface area (Å²) in [7, 11) is 2.45. The van der Waals surface area contributed by atoms with Crippen molar-refractivity contribution in [2.45, 2.75) is 13.0 Å². The van der Waals surface area contributed by atoms with E-state index in [4.69, 9.17) is 23.5 Å². The van der Waals surface area contributed by atoms with E-state index in [1.54, 1.807) is 28.4 Å². The predicted octanol–water partition coefficient (Wildman–Crippen LogP) is 1.59. The molecule has 0 atom stereocenters. The fraction of sp³-hybridized carbons (Fsp3) is 0.667. The minimum atomic E-state index is -4.00. The highest BCUT2D eigenvalue weighted by atomic mass is 32.2. The number of quaternary nitrogens is 1. The second-order valence-corrected chi connectivity index (χ2v) is 8.02. The Kier molecular flexibility index (Phi) is 10.0. The van der Waals surface area contributed by atoms with Crippen LogP contribution in [-0.4, -0.2) is 84.5 Å². The molecule has 0 unspecified atom stereocenters. The highest BCUT2D eigenvalue weighted by molar-refractivity contribution is 7.85. The Morgan fingerprint density at radius 2 is 1.59 bits per heavy atom. The van der Waals surface area contributed by atoms with Gasteiger partial charge in [0, 0.05) is 20.6 Å². The van der Waals surface area contributed by atoms with E-state index >= 15 is 0 Å². The van der Waals surface area contributed by atoms with Gasteiger partial charge in [-0.15, -0.1) is 0 Å². The van der Waals surface area contributed by atoms with Crippen LogP contribution in [0.1, 0.15) is 12.0 Å². The van der Waals surface area contributed by atoms with Crippen molar-refractivity contribution in [2.75, 3.05) is 67.0 Å². The Labute approximate surface area is 162 Å². The number of ether oxygens (including phenoxy) is 4. The van der Waals surface area contributed by atoms with Gasteiger partial charge < -0.3 is 23.4 Å². The molecule has 0 saturated carbocycles. The molecule has 0 bridgehead atoms. The summed E-state index contributed by atoms with van der Waals surface area (Å²) in [6, 6.07) is 5.70. The molecular weight excluding hydrogens is 374 g/mol. The van der Waals surface area contributed by atoms with Crippen LogP contribution in [-0.2, 0) is 26.1 Å². The fourth-order valence-corrected chi connectivity index (χ4v) is 3.66. The largest absolute Gasteiger partial charge is 0.493 e. The van der Waals surface area contributed by atoms with Crippen LogP contribution in [0.4, 0.5) is 0 Å². The first kappa shape index (κ1) is 23.6. The van der Waals surface area contributed by atoms with Gasteiger partial charge in [-0.3, -0.25) is 4.55 Å². The molecular formula is C18H32NO7S+. The molecule has 1 aromatic carbocycles. The number of para-hydroxylation sites is 1. The van der Waals surface area contributed by atoms with Crippen molar-refractivity contribution in [1.29, 1.82) is 0 Å². The Hall–Kier alpha value is -1.39. The molecule has 0 saturated heterocycles. The van der Waals surface area contributed by atoms with E-state index in [2.05, 4.69) is 0 Å². The van der Waals surface area contributed by atoms with Gasteiger partial charge in [0.25, 0.3) is 10.1 Å². The maximum absolute atomic E-state index is 11.2. The highest BCUT2D eigenvalue weighted by Gasteiger charge is 2.30. The number of methoxy groups -OCH3 is 4. The van der Waals surface area contributed by atoms with E-state index in [0.717, 1.165) is 5.56 Å². The van der Waals surface area contributed by atoms with Gasteiger partial charge in [0.2, 0.25) is 0 Å². The lowest BCUT2D eigenvalue weighted by Gasteiger charge is -2.39. The van der Waals surface area contributed by atoms with E-state index in [9.17, 15) is 8.42 Å². The Morgan fingerprint density at radius 1 is 0.963 bits per heavy atom. The number of nitrogens with zero attached hydrogens (tertiary/aromatic N) is 1. The molecule has 27 heavy (non-hydrogen) atoms.